The zero-order chi connectivity index (χ0) is 11.6. The average Bonchev–Trinajstić information content (AvgIpc) is 2.15. The zero-order valence-electron chi connectivity index (χ0n) is 7.62. The molecule has 0 saturated heterocycles. The van der Waals surface area contributed by atoms with E-state index in [0.717, 1.165) is 12.3 Å². The Morgan fingerprint density at radius 3 is 2.40 bits per heavy atom. The van der Waals surface area contributed by atoms with Crippen LogP contribution in [0.15, 0.2) is 18.3 Å². The second-order valence-corrected chi connectivity index (χ2v) is 3.85. The zero-order valence-corrected chi connectivity index (χ0v) is 9.33. The third kappa shape index (κ3) is 3.07. The summed E-state index contributed by atoms with van der Waals surface area (Å²) >= 11 is 8.64. The first-order valence-corrected chi connectivity index (χ1v) is 4.68. The normalized spacial score (nSPS) is 11.3. The summed E-state index contributed by atoms with van der Waals surface area (Å²) in [7, 11) is 1.60. The third-order valence-corrected chi connectivity index (χ3v) is 2.29. The lowest BCUT2D eigenvalue weighted by molar-refractivity contribution is -0.141. The first kappa shape index (κ1) is 12.3. The van der Waals surface area contributed by atoms with E-state index in [0.29, 0.717) is 5.69 Å². The van der Waals surface area contributed by atoms with Gasteiger partial charge in [0.2, 0.25) is 0 Å². The molecule has 2 nitrogen and oxygen atoms in total. The number of halogens is 3. The molecule has 0 saturated carbocycles. The summed E-state index contributed by atoms with van der Waals surface area (Å²) in [5.41, 5.74) is -0.465. The molecule has 0 atom stereocenters. The second-order valence-electron chi connectivity index (χ2n) is 2.74. The van der Waals surface area contributed by atoms with Crippen LogP contribution in [0.1, 0.15) is 5.69 Å². The van der Waals surface area contributed by atoms with Crippen LogP contribution in [-0.2, 0) is 6.18 Å². The monoisotopic (exact) mass is 252 g/mol. The molecular formula is C8H7F3N2S2. The number of pyridine rings is 1. The molecule has 15 heavy (non-hydrogen) atoms. The predicted molar refractivity (Wildman–Crippen MR) is 59.2 cm³/mol. The van der Waals surface area contributed by atoms with E-state index < -0.39 is 11.9 Å². The molecule has 0 unspecified atom stereocenters. The molecule has 0 aliphatic carbocycles. The molecule has 0 spiro atoms. The first-order chi connectivity index (χ1) is 6.82. The minimum absolute atomic E-state index is 0.261. The van der Waals surface area contributed by atoms with E-state index in [1.807, 2.05) is 0 Å². The molecule has 0 aliphatic heterocycles. The van der Waals surface area contributed by atoms with Crippen molar-refractivity contribution in [2.45, 2.75) is 6.18 Å². The number of rotatable bonds is 1. The molecule has 0 aromatic carbocycles. The maximum atomic E-state index is 12.2. The number of anilines is 1. The lowest BCUT2D eigenvalue weighted by atomic mass is 10.3. The summed E-state index contributed by atoms with van der Waals surface area (Å²) in [6, 6.07) is 2.19. The number of hydrogen-bond acceptors (Lipinski definition) is 2. The number of hydrogen-bond donors (Lipinski definition) is 1. The highest BCUT2D eigenvalue weighted by molar-refractivity contribution is 8.11. The fraction of sp³-hybridized carbons (Fsp3) is 0.250. The van der Waals surface area contributed by atoms with Crippen LogP contribution < -0.4 is 4.90 Å². The van der Waals surface area contributed by atoms with Crippen molar-refractivity contribution in [3.05, 3.63) is 24.0 Å². The highest BCUT2D eigenvalue weighted by Gasteiger charge is 2.32. The van der Waals surface area contributed by atoms with Gasteiger partial charge >= 0.3 is 6.18 Å². The van der Waals surface area contributed by atoms with Crippen molar-refractivity contribution in [1.82, 2.24) is 4.98 Å². The Kier molecular flexibility index (Phi) is 3.56. The van der Waals surface area contributed by atoms with Crippen LogP contribution in [0, 0.1) is 0 Å². The fourth-order valence-corrected chi connectivity index (χ4v) is 1.08. The Morgan fingerprint density at radius 1 is 1.47 bits per heavy atom. The van der Waals surface area contributed by atoms with Crippen LogP contribution in [0.3, 0.4) is 0 Å². The van der Waals surface area contributed by atoms with E-state index in [9.17, 15) is 13.2 Å². The molecule has 1 aromatic heterocycles. The minimum Gasteiger partial charge on any atom is -0.329 e. The van der Waals surface area contributed by atoms with Gasteiger partial charge in [0.1, 0.15) is 10.0 Å². The molecule has 1 rings (SSSR count). The smallest absolute Gasteiger partial charge is 0.329 e. The summed E-state index contributed by atoms with van der Waals surface area (Å²) in [4.78, 5) is 4.74. The van der Waals surface area contributed by atoms with E-state index >= 15 is 0 Å². The Labute approximate surface area is 95.5 Å². The largest absolute Gasteiger partial charge is 0.433 e. The van der Waals surface area contributed by atoms with Crippen LogP contribution in [0.25, 0.3) is 0 Å². The van der Waals surface area contributed by atoms with Gasteiger partial charge in [0.15, 0.2) is 0 Å². The average molecular weight is 252 g/mol. The number of thiocarbonyl (C=S) groups is 1. The summed E-state index contributed by atoms with van der Waals surface area (Å²) in [6.45, 7) is 0. The lowest BCUT2D eigenvalue weighted by Gasteiger charge is -2.16. The SMILES string of the molecule is CN(C(=S)S)c1ccc(C(F)(F)F)nc1. The second kappa shape index (κ2) is 4.36. The van der Waals surface area contributed by atoms with E-state index in [-0.39, 0.29) is 4.32 Å². The van der Waals surface area contributed by atoms with Crippen molar-refractivity contribution < 1.29 is 13.2 Å². The molecule has 1 heterocycles. The van der Waals surface area contributed by atoms with Crippen LogP contribution in [-0.4, -0.2) is 16.4 Å². The van der Waals surface area contributed by atoms with Gasteiger partial charge < -0.3 is 4.90 Å². The Morgan fingerprint density at radius 2 is 2.07 bits per heavy atom. The van der Waals surface area contributed by atoms with Crippen molar-refractivity contribution in [2.75, 3.05) is 11.9 Å². The van der Waals surface area contributed by atoms with Gasteiger partial charge in [-0.1, -0.05) is 12.2 Å². The number of aromatic nitrogens is 1. The van der Waals surface area contributed by atoms with Gasteiger partial charge in [-0.3, -0.25) is 0 Å². The van der Waals surface area contributed by atoms with Crippen molar-refractivity contribution in [3.63, 3.8) is 0 Å². The number of nitrogens with zero attached hydrogens (tertiary/aromatic N) is 2. The third-order valence-electron chi connectivity index (χ3n) is 1.71. The van der Waals surface area contributed by atoms with Crippen molar-refractivity contribution in [2.24, 2.45) is 0 Å². The molecule has 0 radical (unpaired) electrons. The van der Waals surface area contributed by atoms with E-state index in [1.54, 1.807) is 7.05 Å². The molecular weight excluding hydrogens is 245 g/mol. The van der Waals surface area contributed by atoms with E-state index in [4.69, 9.17) is 12.2 Å². The van der Waals surface area contributed by atoms with Crippen molar-refractivity contribution in [1.29, 1.82) is 0 Å². The van der Waals surface area contributed by atoms with Crippen LogP contribution in [0.2, 0.25) is 0 Å². The Hall–Kier alpha value is -0.820. The number of thiol groups is 1. The quantitative estimate of drug-likeness (QED) is 0.611. The highest BCUT2D eigenvalue weighted by atomic mass is 32.1. The Bertz CT molecular complexity index is 361. The van der Waals surface area contributed by atoms with E-state index in [2.05, 4.69) is 17.6 Å². The van der Waals surface area contributed by atoms with Gasteiger partial charge in [0.25, 0.3) is 0 Å². The molecule has 7 heteroatoms. The molecule has 0 N–H and O–H groups in total. The molecule has 0 aliphatic rings. The summed E-state index contributed by atoms with van der Waals surface area (Å²) < 4.78 is 36.7. The molecule has 0 fully saturated rings. The Balaban J connectivity index is 2.95. The van der Waals surface area contributed by atoms with Gasteiger partial charge in [-0.2, -0.15) is 13.2 Å². The summed E-state index contributed by atoms with van der Waals surface area (Å²) in [5, 5.41) is 0. The predicted octanol–water partition coefficient (Wildman–Crippen LogP) is 2.75. The van der Waals surface area contributed by atoms with E-state index in [1.165, 1.54) is 11.0 Å². The molecule has 1 aromatic rings. The maximum Gasteiger partial charge on any atom is 0.433 e. The molecule has 0 bridgehead atoms. The topological polar surface area (TPSA) is 16.1 Å². The minimum atomic E-state index is -4.42. The van der Waals surface area contributed by atoms with Crippen molar-refractivity contribution in [3.8, 4) is 0 Å². The van der Waals surface area contributed by atoms with Gasteiger partial charge in [0, 0.05) is 7.05 Å². The van der Waals surface area contributed by atoms with Crippen LogP contribution >= 0.6 is 24.8 Å². The lowest BCUT2D eigenvalue weighted by Crippen LogP contribution is -2.20. The van der Waals surface area contributed by atoms with Crippen LogP contribution in [0.5, 0.6) is 0 Å². The highest BCUT2D eigenvalue weighted by Crippen LogP contribution is 2.28. The summed E-state index contributed by atoms with van der Waals surface area (Å²) in [6.07, 6.45) is -3.32. The van der Waals surface area contributed by atoms with Crippen molar-refractivity contribution >= 4 is 34.9 Å². The number of alkyl halides is 3. The maximum absolute atomic E-state index is 12.2. The first-order valence-electron chi connectivity index (χ1n) is 3.82. The summed E-state index contributed by atoms with van der Waals surface area (Å²) in [5.74, 6) is 0. The fourth-order valence-electron chi connectivity index (χ4n) is 0.863. The molecule has 0 amide bonds. The molecule has 82 valence electrons. The van der Waals surface area contributed by atoms with Gasteiger partial charge in [0.05, 0.1) is 11.9 Å². The standard InChI is InChI=1S/C8H7F3N2S2/c1-13(7(14)15)5-2-3-6(12-4-5)8(9,10)11/h2-4H,1H3,(H,14,15). The van der Waals surface area contributed by atoms with Gasteiger partial charge in [-0.05, 0) is 12.1 Å². The van der Waals surface area contributed by atoms with Crippen LogP contribution in [0.4, 0.5) is 18.9 Å². The van der Waals surface area contributed by atoms with Gasteiger partial charge in [-0.15, -0.1) is 12.6 Å². The van der Waals surface area contributed by atoms with Gasteiger partial charge in [-0.25, -0.2) is 4.98 Å².